The Hall–Kier alpha value is -3.43. The van der Waals surface area contributed by atoms with Crippen LogP contribution in [0.2, 0.25) is 0 Å². The first-order valence-electron chi connectivity index (χ1n) is 19.1. The van der Waals surface area contributed by atoms with Crippen LogP contribution in [0.25, 0.3) is 5.70 Å². The molecule has 0 bridgehead atoms. The quantitative estimate of drug-likeness (QED) is 0.152. The van der Waals surface area contributed by atoms with Gasteiger partial charge in [-0.15, -0.1) is 0 Å². The van der Waals surface area contributed by atoms with E-state index in [1.807, 2.05) is 37.3 Å². The van der Waals surface area contributed by atoms with Crippen LogP contribution >= 0.6 is 11.3 Å². The van der Waals surface area contributed by atoms with Crippen LogP contribution in [0.4, 0.5) is 5.13 Å². The average molecular weight is 717 g/mol. The van der Waals surface area contributed by atoms with E-state index in [9.17, 15) is 9.59 Å². The van der Waals surface area contributed by atoms with Crippen LogP contribution in [0.5, 0.6) is 0 Å². The van der Waals surface area contributed by atoms with Crippen LogP contribution in [-0.2, 0) is 25.7 Å². The molecule has 5 rings (SSSR count). The molecule has 0 spiro atoms. The predicted octanol–water partition coefficient (Wildman–Crippen LogP) is 9.06. The topological polar surface area (TPSA) is 84.0 Å². The Kier molecular flexibility index (Phi) is 13.6. The number of fused-ring (bicyclic) bond motifs is 1. The lowest BCUT2D eigenvalue weighted by Gasteiger charge is -2.40. The molecule has 278 valence electrons. The zero-order chi connectivity index (χ0) is 36.7. The number of ketones is 1. The van der Waals surface area contributed by atoms with Crippen molar-refractivity contribution in [3.63, 3.8) is 0 Å². The van der Waals surface area contributed by atoms with Crippen molar-refractivity contribution in [1.29, 1.82) is 0 Å². The van der Waals surface area contributed by atoms with E-state index < -0.39 is 0 Å². The van der Waals surface area contributed by atoms with Gasteiger partial charge in [-0.1, -0.05) is 62.6 Å². The predicted molar refractivity (Wildman–Crippen MR) is 209 cm³/mol. The van der Waals surface area contributed by atoms with E-state index in [0.29, 0.717) is 34.3 Å². The molecule has 51 heavy (non-hydrogen) atoms. The summed E-state index contributed by atoms with van der Waals surface area (Å²) in [7, 11) is 3.71. The van der Waals surface area contributed by atoms with Crippen LogP contribution in [0.15, 0.2) is 66.2 Å². The summed E-state index contributed by atoms with van der Waals surface area (Å²) < 4.78 is 11.8. The van der Waals surface area contributed by atoms with Crippen molar-refractivity contribution < 1.29 is 19.1 Å². The third kappa shape index (κ3) is 9.33. The first kappa shape index (κ1) is 38.8. The minimum absolute atomic E-state index is 0.0959. The van der Waals surface area contributed by atoms with Gasteiger partial charge in [-0.2, -0.15) is 0 Å². The smallest absolute Gasteiger partial charge is 0.223 e. The first-order chi connectivity index (χ1) is 24.5. The second-order valence-electron chi connectivity index (χ2n) is 15.1. The van der Waals surface area contributed by atoms with Gasteiger partial charge in [-0.05, 0) is 108 Å². The van der Waals surface area contributed by atoms with Crippen LogP contribution < -0.4 is 5.32 Å². The Morgan fingerprint density at radius 3 is 2.37 bits per heavy atom. The lowest BCUT2D eigenvalue weighted by atomic mass is 9.70. The summed E-state index contributed by atoms with van der Waals surface area (Å²) in [6.07, 6.45) is 21.1. The summed E-state index contributed by atoms with van der Waals surface area (Å²) in [6.45, 7) is 19.3. The average Bonchev–Trinajstić information content (AvgIpc) is 3.83. The van der Waals surface area contributed by atoms with Gasteiger partial charge in [0.15, 0.2) is 10.9 Å². The molecule has 9 heteroatoms. The number of nitrogens with one attached hydrogen (secondary N) is 1. The number of amides is 1. The van der Waals surface area contributed by atoms with Crippen molar-refractivity contribution in [3.05, 3.63) is 76.8 Å². The molecule has 3 heterocycles. The molecular weight excluding hydrogens is 657 g/mol. The maximum Gasteiger partial charge on any atom is 0.223 e. The second-order valence-corrected chi connectivity index (χ2v) is 16.0. The van der Waals surface area contributed by atoms with Crippen molar-refractivity contribution in [3.8, 4) is 0 Å². The molecule has 1 saturated heterocycles. The van der Waals surface area contributed by atoms with Gasteiger partial charge >= 0.3 is 0 Å². The fourth-order valence-electron chi connectivity index (χ4n) is 8.61. The Labute approximate surface area is 310 Å². The fourth-order valence-corrected chi connectivity index (χ4v) is 9.71. The Morgan fingerprint density at radius 2 is 1.75 bits per heavy atom. The minimum atomic E-state index is -0.160. The molecule has 1 amide bonds. The molecule has 4 aliphatic rings. The molecular formula is C42H60N4O4S. The summed E-state index contributed by atoms with van der Waals surface area (Å²) >= 11 is 1.46. The fraction of sp³-hybridized carbons (Fsp3) is 0.595. The molecule has 1 aromatic rings. The van der Waals surface area contributed by atoms with Crippen molar-refractivity contribution in [2.24, 2.45) is 23.7 Å². The number of carbonyl (C=O) groups excluding carboxylic acids is 2. The van der Waals surface area contributed by atoms with E-state index in [0.717, 1.165) is 59.1 Å². The third-order valence-corrected chi connectivity index (χ3v) is 13.0. The van der Waals surface area contributed by atoms with E-state index in [2.05, 4.69) is 49.2 Å². The lowest BCUT2D eigenvalue weighted by Crippen LogP contribution is -2.40. The maximum absolute atomic E-state index is 14.0. The van der Waals surface area contributed by atoms with Crippen molar-refractivity contribution in [1.82, 2.24) is 14.8 Å². The molecule has 0 aromatic carbocycles. The van der Waals surface area contributed by atoms with Crippen molar-refractivity contribution in [2.75, 3.05) is 32.6 Å². The number of ether oxygens (including phenoxy) is 2. The summed E-state index contributed by atoms with van der Waals surface area (Å²) in [6, 6.07) is 0.977. The highest BCUT2D eigenvalue weighted by atomic mass is 32.1. The first-order valence-corrected chi connectivity index (χ1v) is 19.9. The number of carbonyl (C=O) groups is 2. The monoisotopic (exact) mass is 716 g/mol. The molecule has 2 aliphatic carbocycles. The number of hydrogen-bond acceptors (Lipinski definition) is 8. The Bertz CT molecular complexity index is 1550. The molecule has 2 saturated carbocycles. The van der Waals surface area contributed by atoms with Gasteiger partial charge in [-0.25, -0.2) is 4.98 Å². The molecule has 1 N–H and O–H groups in total. The van der Waals surface area contributed by atoms with Gasteiger partial charge in [0.05, 0.1) is 17.7 Å². The highest BCUT2D eigenvalue weighted by Gasteiger charge is 2.38. The number of nitrogens with zero attached hydrogens (tertiary/aromatic N) is 3. The van der Waals surface area contributed by atoms with Gasteiger partial charge in [0.2, 0.25) is 5.91 Å². The van der Waals surface area contributed by atoms with Gasteiger partial charge in [0, 0.05) is 43.5 Å². The number of allylic oxidation sites excluding steroid dienone is 6. The third-order valence-electron chi connectivity index (χ3n) is 11.9. The van der Waals surface area contributed by atoms with E-state index in [1.165, 1.54) is 69.9 Å². The summed E-state index contributed by atoms with van der Waals surface area (Å²) in [4.78, 5) is 36.7. The molecule has 2 aliphatic heterocycles. The van der Waals surface area contributed by atoms with E-state index >= 15 is 0 Å². The number of hydrogen-bond donors (Lipinski definition) is 1. The Balaban J connectivity index is 1.31. The molecule has 0 radical (unpaired) electrons. The van der Waals surface area contributed by atoms with E-state index in [1.54, 1.807) is 7.11 Å². The van der Waals surface area contributed by atoms with E-state index in [-0.39, 0.29) is 30.4 Å². The van der Waals surface area contributed by atoms with Gasteiger partial charge in [0.1, 0.15) is 23.8 Å². The molecule has 1 aromatic heterocycles. The molecule has 8 nitrogen and oxygen atoms in total. The van der Waals surface area contributed by atoms with Crippen molar-refractivity contribution in [2.45, 2.75) is 111 Å². The van der Waals surface area contributed by atoms with Gasteiger partial charge in [0.25, 0.3) is 0 Å². The van der Waals surface area contributed by atoms with Gasteiger partial charge < -0.3 is 24.6 Å². The molecule has 2 unspecified atom stereocenters. The number of Topliss-reactive ketones (excluding diaryl/α,β-unsaturated/α-hetero) is 1. The highest BCUT2D eigenvalue weighted by molar-refractivity contribution is 7.17. The zero-order valence-corrected chi connectivity index (χ0v) is 32.7. The second kappa shape index (κ2) is 17.9. The summed E-state index contributed by atoms with van der Waals surface area (Å²) in [5.41, 5.74) is 3.31. The maximum atomic E-state index is 14.0. The SMILES string of the molecule is C=C(C=CC(=CC=CC)C(=C)C1=C(N(C)C2CCC(C(=O)C(C)C(C)C3CCC(N4CCCC4)CC3)CC2)c2sc(NC(C)=O)nc2CO1)OC. The van der Waals surface area contributed by atoms with Crippen LogP contribution in [0, 0.1) is 23.7 Å². The summed E-state index contributed by atoms with van der Waals surface area (Å²) in [5.74, 6) is 2.82. The summed E-state index contributed by atoms with van der Waals surface area (Å²) in [5, 5.41) is 3.42. The van der Waals surface area contributed by atoms with E-state index in [4.69, 9.17) is 14.5 Å². The highest BCUT2D eigenvalue weighted by Crippen LogP contribution is 2.44. The van der Waals surface area contributed by atoms with Gasteiger partial charge in [-0.3, -0.25) is 9.59 Å². The van der Waals surface area contributed by atoms with Crippen LogP contribution in [-0.4, -0.2) is 65.8 Å². The number of thiazole rings is 1. The zero-order valence-electron chi connectivity index (χ0n) is 31.8. The number of anilines is 1. The molecule has 3 fully saturated rings. The number of methoxy groups -OCH3 is 1. The normalized spacial score (nSPS) is 25.7. The molecule has 2 atom stereocenters. The van der Waals surface area contributed by atoms with Crippen molar-refractivity contribution >= 4 is 33.9 Å². The lowest BCUT2D eigenvalue weighted by molar-refractivity contribution is -0.130. The standard InChI is InChI=1S/C42H60N4O4S/c1-9-10-13-32(15-14-27(2)49-8)30(5)40-38(41-37(26-50-40)44-42(51-41)43-31(6)47)45(7)35-20-18-34(19-21-35)39(48)29(4)28(3)33-16-22-36(23-17-33)46-24-11-12-25-46/h9-10,13-15,28-29,33-36H,2,5,11-12,16-26H2,1,3-4,6-8H3,(H,43,44,47). The number of aromatic nitrogens is 1. The number of likely N-dealkylation sites (tertiary alicyclic amines) is 1. The number of rotatable bonds is 14. The van der Waals surface area contributed by atoms with Crippen LogP contribution in [0.1, 0.15) is 102 Å². The Morgan fingerprint density at radius 1 is 1.06 bits per heavy atom. The minimum Gasteiger partial charge on any atom is -0.497 e. The largest absolute Gasteiger partial charge is 0.497 e. The van der Waals surface area contributed by atoms with Crippen LogP contribution in [0.3, 0.4) is 0 Å².